The number of aromatic nitrogens is 3. The molecule has 2 aromatic carbocycles. The molecule has 40 heavy (non-hydrogen) atoms. The van der Waals surface area contributed by atoms with Crippen LogP contribution in [0.3, 0.4) is 0 Å². The van der Waals surface area contributed by atoms with Crippen LogP contribution in [0.1, 0.15) is 34.8 Å². The number of nitrogens with two attached hydrogens (primary N) is 1. The van der Waals surface area contributed by atoms with Crippen LogP contribution >= 0.6 is 0 Å². The summed E-state index contributed by atoms with van der Waals surface area (Å²) >= 11 is 0. The number of nitrogens with one attached hydrogen (secondary N) is 3. The van der Waals surface area contributed by atoms with Gasteiger partial charge >= 0.3 is 0 Å². The van der Waals surface area contributed by atoms with E-state index in [-0.39, 0.29) is 40.4 Å². The highest BCUT2D eigenvalue weighted by molar-refractivity contribution is 7.92. The summed E-state index contributed by atoms with van der Waals surface area (Å²) in [6, 6.07) is 8.59. The van der Waals surface area contributed by atoms with Gasteiger partial charge in [0.25, 0.3) is 0 Å². The zero-order valence-corrected chi connectivity index (χ0v) is 22.3. The molecule has 0 saturated carbocycles. The Bertz CT molecular complexity index is 1740. The van der Waals surface area contributed by atoms with Crippen LogP contribution < -0.4 is 15.9 Å². The van der Waals surface area contributed by atoms with Crippen molar-refractivity contribution in [2.24, 2.45) is 15.9 Å². The predicted octanol–water partition coefficient (Wildman–Crippen LogP) is 3.53. The minimum Gasteiger partial charge on any atom is -0.345 e. The van der Waals surface area contributed by atoms with E-state index in [0.29, 0.717) is 11.3 Å². The topological polar surface area (TPSA) is 171 Å². The highest BCUT2D eigenvalue weighted by Crippen LogP contribution is 2.31. The Balaban J connectivity index is 1.76. The Kier molecular flexibility index (Phi) is 8.16. The molecule has 4 rings (SSSR count). The Labute approximate surface area is 228 Å². The van der Waals surface area contributed by atoms with E-state index in [2.05, 4.69) is 41.8 Å². The molecule has 0 spiro atoms. The lowest BCUT2D eigenvalue weighted by atomic mass is 10.0. The van der Waals surface area contributed by atoms with Crippen molar-refractivity contribution in [1.82, 2.24) is 20.1 Å². The van der Waals surface area contributed by atoms with Gasteiger partial charge in [-0.1, -0.05) is 19.1 Å². The van der Waals surface area contributed by atoms with Crippen LogP contribution in [0, 0.1) is 11.6 Å². The number of carbonyl (C=O) groups excluding carboxylic acids is 1. The van der Waals surface area contributed by atoms with Gasteiger partial charge in [-0.2, -0.15) is 0 Å². The van der Waals surface area contributed by atoms with Gasteiger partial charge in [-0.15, -0.1) is 5.10 Å². The number of aromatic amines is 1. The average molecular weight is 570 g/mol. The number of carbonyl (C=O) groups is 1. The normalized spacial score (nSPS) is 11.9. The fourth-order valence-electron chi connectivity index (χ4n) is 3.90. The van der Waals surface area contributed by atoms with Crippen molar-refractivity contribution in [1.29, 1.82) is 0 Å². The molecule has 0 radical (unpaired) electrons. The molecule has 0 aliphatic carbocycles. The summed E-state index contributed by atoms with van der Waals surface area (Å²) in [5, 5.41) is 8.38. The molecule has 0 aliphatic rings. The molecule has 0 aliphatic heterocycles. The van der Waals surface area contributed by atoms with E-state index in [1.165, 1.54) is 19.6 Å². The number of amidine groups is 1. The maximum atomic E-state index is 15.4. The number of hydrazone groups is 1. The average Bonchev–Trinajstić information content (AvgIpc) is 3.34. The third-order valence-electron chi connectivity index (χ3n) is 5.56. The van der Waals surface area contributed by atoms with E-state index in [1.54, 1.807) is 31.2 Å². The lowest BCUT2D eigenvalue weighted by Crippen LogP contribution is -2.21. The molecule has 15 heteroatoms. The van der Waals surface area contributed by atoms with Gasteiger partial charge in [0.2, 0.25) is 15.8 Å². The van der Waals surface area contributed by atoms with Crippen molar-refractivity contribution in [3.63, 3.8) is 0 Å². The molecule has 0 atom stereocenters. The van der Waals surface area contributed by atoms with Crippen LogP contribution in [0.4, 0.5) is 26.0 Å². The first kappa shape index (κ1) is 28.3. The molecule has 0 unspecified atom stereocenters. The predicted molar refractivity (Wildman–Crippen MR) is 149 cm³/mol. The highest BCUT2D eigenvalue weighted by Gasteiger charge is 2.27. The van der Waals surface area contributed by atoms with E-state index in [4.69, 9.17) is 5.84 Å². The van der Waals surface area contributed by atoms with Crippen LogP contribution in [-0.4, -0.2) is 59.6 Å². The van der Waals surface area contributed by atoms with Crippen molar-refractivity contribution in [3.05, 3.63) is 77.2 Å². The Morgan fingerprint density at radius 1 is 1.23 bits per heavy atom. The van der Waals surface area contributed by atoms with Crippen LogP contribution in [0.15, 0.2) is 59.0 Å². The fourth-order valence-corrected chi connectivity index (χ4v) is 5.03. The maximum Gasteiger partial charge on any atom is 0.232 e. The van der Waals surface area contributed by atoms with Gasteiger partial charge in [-0.25, -0.2) is 43.1 Å². The number of fused-ring (bicyclic) bond motifs is 1. The number of sulfonamides is 1. The lowest BCUT2D eigenvalue weighted by Gasteiger charge is -2.12. The van der Waals surface area contributed by atoms with E-state index >= 15 is 4.39 Å². The number of hydrazine groups is 1. The van der Waals surface area contributed by atoms with Crippen LogP contribution in [0.2, 0.25) is 0 Å². The number of nitrogens with zero attached hydrogens (tertiary/aromatic N) is 5. The molecule has 0 amide bonds. The van der Waals surface area contributed by atoms with Crippen LogP contribution in [-0.2, 0) is 10.0 Å². The van der Waals surface area contributed by atoms with Gasteiger partial charge in [0, 0.05) is 24.5 Å². The standard InChI is InChI=1S/C25H25F2N9O3S/c1-4-10-40(38,39)35-18-9-8-17(26)20(21(18)27)22(37)16-12-30-24-19(16)25(32-13-31-24)33-15-7-5-6-14(11-15)23(29-2)34-36(3)28/h5-9,11-13,35H,2,4,10,28H2,1,3H3,(H2,30,31,32,33)/b34-23-. The van der Waals surface area contributed by atoms with E-state index < -0.39 is 38.7 Å². The number of aliphatic imine (C=N–C) groups is 1. The first-order chi connectivity index (χ1) is 19.0. The number of H-pyrrole nitrogens is 1. The number of hydrogen-bond donors (Lipinski definition) is 4. The zero-order chi connectivity index (χ0) is 29.0. The summed E-state index contributed by atoms with van der Waals surface area (Å²) in [5.41, 5.74) is -0.311. The molecule has 0 fully saturated rings. The Morgan fingerprint density at radius 3 is 2.70 bits per heavy atom. The van der Waals surface area contributed by atoms with Gasteiger partial charge in [-0.05, 0) is 37.4 Å². The summed E-state index contributed by atoms with van der Waals surface area (Å²) in [4.78, 5) is 28.5. The third kappa shape index (κ3) is 5.94. The van der Waals surface area contributed by atoms with Crippen molar-refractivity contribution in [3.8, 4) is 0 Å². The molecule has 208 valence electrons. The van der Waals surface area contributed by atoms with Crippen LogP contribution in [0.5, 0.6) is 0 Å². The van der Waals surface area contributed by atoms with Crippen molar-refractivity contribution >= 4 is 56.6 Å². The molecule has 0 bridgehead atoms. The second-order valence-corrected chi connectivity index (χ2v) is 10.4. The quantitative estimate of drug-likeness (QED) is 0.0739. The van der Waals surface area contributed by atoms with Gasteiger partial charge in [-0.3, -0.25) is 9.52 Å². The molecule has 4 aromatic rings. The largest absolute Gasteiger partial charge is 0.345 e. The smallest absolute Gasteiger partial charge is 0.232 e. The summed E-state index contributed by atoms with van der Waals surface area (Å²) in [5.74, 6) is 2.18. The minimum absolute atomic E-state index is 0.139. The Morgan fingerprint density at radius 2 is 2.00 bits per heavy atom. The van der Waals surface area contributed by atoms with E-state index in [9.17, 15) is 17.6 Å². The SMILES string of the molecule is C=N/C(=N\N(C)N)c1cccc(Nc2ncnc3[nH]cc(C(=O)c4c(F)ccc(NS(=O)(=O)CCC)c4F)c23)c1. The van der Waals surface area contributed by atoms with Gasteiger partial charge in [0.05, 0.1) is 28.0 Å². The molecule has 2 aromatic heterocycles. The second-order valence-electron chi connectivity index (χ2n) is 8.54. The first-order valence-corrected chi connectivity index (χ1v) is 13.5. The monoisotopic (exact) mass is 569 g/mol. The van der Waals surface area contributed by atoms with Crippen molar-refractivity contribution < 1.29 is 22.0 Å². The van der Waals surface area contributed by atoms with Crippen molar-refractivity contribution in [2.75, 3.05) is 22.8 Å². The summed E-state index contributed by atoms with van der Waals surface area (Å²) in [6.07, 6.45) is 2.77. The maximum absolute atomic E-state index is 15.4. The van der Waals surface area contributed by atoms with Crippen molar-refractivity contribution in [2.45, 2.75) is 13.3 Å². The zero-order valence-electron chi connectivity index (χ0n) is 21.4. The summed E-state index contributed by atoms with van der Waals surface area (Å²) < 4.78 is 56.6. The van der Waals surface area contributed by atoms with Gasteiger partial charge in [0.1, 0.15) is 23.6 Å². The Hall–Kier alpha value is -4.76. The minimum atomic E-state index is -3.90. The molecule has 2 heterocycles. The molecular formula is C25H25F2N9O3S. The highest BCUT2D eigenvalue weighted by atomic mass is 32.2. The van der Waals surface area contributed by atoms with Gasteiger partial charge < -0.3 is 10.3 Å². The van der Waals surface area contributed by atoms with E-state index in [1.807, 2.05) is 0 Å². The summed E-state index contributed by atoms with van der Waals surface area (Å²) in [7, 11) is -2.37. The lowest BCUT2D eigenvalue weighted by molar-refractivity contribution is 0.103. The second kappa shape index (κ2) is 11.5. The number of halogens is 2. The van der Waals surface area contributed by atoms with Crippen LogP contribution in [0.25, 0.3) is 11.0 Å². The first-order valence-electron chi connectivity index (χ1n) is 11.8. The number of rotatable bonds is 10. The molecule has 12 nitrogen and oxygen atoms in total. The van der Waals surface area contributed by atoms with Gasteiger partial charge in [0.15, 0.2) is 11.7 Å². The third-order valence-corrected chi connectivity index (χ3v) is 7.03. The molecular weight excluding hydrogens is 544 g/mol. The number of anilines is 3. The van der Waals surface area contributed by atoms with E-state index in [0.717, 1.165) is 17.3 Å². The fraction of sp³-hybridized carbons (Fsp3) is 0.160. The molecule has 5 N–H and O–H groups in total. The molecule has 0 saturated heterocycles. The summed E-state index contributed by atoms with van der Waals surface area (Å²) in [6.45, 7) is 5.14. The number of benzene rings is 2. The number of ketones is 1. The number of hydrogen-bond acceptors (Lipinski definition) is 9.